The number of pyridine rings is 1. The Morgan fingerprint density at radius 3 is 2.41 bits per heavy atom. The van der Waals surface area contributed by atoms with Gasteiger partial charge in [0.25, 0.3) is 5.91 Å². The fourth-order valence-electron chi connectivity index (χ4n) is 4.16. The molecule has 2 aromatic heterocycles. The lowest BCUT2D eigenvalue weighted by Gasteiger charge is -2.17. The van der Waals surface area contributed by atoms with Crippen LogP contribution in [-0.2, 0) is 17.8 Å². The van der Waals surface area contributed by atoms with Crippen molar-refractivity contribution in [3.05, 3.63) is 76.6 Å². The molecule has 37 heavy (non-hydrogen) atoms. The van der Waals surface area contributed by atoms with Gasteiger partial charge in [-0.25, -0.2) is 9.07 Å². The molecule has 1 aromatic carbocycles. The molecule has 0 aliphatic carbocycles. The highest BCUT2D eigenvalue weighted by molar-refractivity contribution is 5.94. The standard InChI is InChI=1S/C27H33FN4O5/c1-16(2)25-23(11-10-21(33)12-22(34)13-24(35)36)32(20-8-6-19(28)7-9-20)31-26(25)27(37)30-15-18-5-4-17(3)29-14-18/h4-9,14,16,21-22,33-34H,10-13,15H2,1-3H3,(H,30,37)(H,35,36)/p-1/t21-,22-/m1/s1. The second kappa shape index (κ2) is 12.6. The number of carboxylic acid groups (broad SMARTS) is 1. The van der Waals surface area contributed by atoms with Crippen LogP contribution in [0.4, 0.5) is 4.39 Å². The van der Waals surface area contributed by atoms with Gasteiger partial charge in [0.05, 0.1) is 17.9 Å². The Balaban J connectivity index is 1.90. The normalized spacial score (nSPS) is 12.9. The molecule has 0 aliphatic heterocycles. The monoisotopic (exact) mass is 511 g/mol. The van der Waals surface area contributed by atoms with E-state index in [4.69, 9.17) is 0 Å². The van der Waals surface area contributed by atoms with Crippen molar-refractivity contribution in [1.82, 2.24) is 20.1 Å². The zero-order chi connectivity index (χ0) is 27.1. The number of hydrogen-bond donors (Lipinski definition) is 3. The van der Waals surface area contributed by atoms with Gasteiger partial charge in [0.2, 0.25) is 0 Å². The highest BCUT2D eigenvalue weighted by atomic mass is 19.1. The minimum absolute atomic E-state index is 0.105. The summed E-state index contributed by atoms with van der Waals surface area (Å²) in [5.41, 5.74) is 3.83. The van der Waals surface area contributed by atoms with Gasteiger partial charge in [0.15, 0.2) is 5.69 Å². The van der Waals surface area contributed by atoms with E-state index in [0.29, 0.717) is 16.9 Å². The van der Waals surface area contributed by atoms with E-state index in [9.17, 15) is 29.3 Å². The summed E-state index contributed by atoms with van der Waals surface area (Å²) in [6, 6.07) is 9.43. The number of aliphatic carboxylic acids is 1. The van der Waals surface area contributed by atoms with E-state index >= 15 is 0 Å². The predicted octanol–water partition coefficient (Wildman–Crippen LogP) is 1.95. The SMILES string of the molecule is Cc1ccc(CNC(=O)c2nn(-c3ccc(F)cc3)c(CC[C@@H](O)C[C@@H](O)CC(=O)[O-])c2C(C)C)cn1. The largest absolute Gasteiger partial charge is 0.550 e. The number of halogens is 1. The van der Waals surface area contributed by atoms with Gasteiger partial charge in [-0.15, -0.1) is 0 Å². The highest BCUT2D eigenvalue weighted by Crippen LogP contribution is 2.28. The van der Waals surface area contributed by atoms with Crippen LogP contribution in [0.2, 0.25) is 0 Å². The quantitative estimate of drug-likeness (QED) is 0.338. The lowest BCUT2D eigenvalue weighted by atomic mass is 9.95. The molecule has 3 N–H and O–H groups in total. The molecule has 1 amide bonds. The van der Waals surface area contributed by atoms with E-state index in [2.05, 4.69) is 15.4 Å². The second-order valence-corrected chi connectivity index (χ2v) is 9.40. The first-order valence-electron chi connectivity index (χ1n) is 12.2. The molecule has 198 valence electrons. The van der Waals surface area contributed by atoms with Crippen LogP contribution >= 0.6 is 0 Å². The van der Waals surface area contributed by atoms with Crippen molar-refractivity contribution in [2.45, 2.75) is 71.1 Å². The summed E-state index contributed by atoms with van der Waals surface area (Å²) >= 11 is 0. The van der Waals surface area contributed by atoms with Crippen LogP contribution in [0.3, 0.4) is 0 Å². The number of aryl methyl sites for hydroxylation is 1. The third-order valence-electron chi connectivity index (χ3n) is 5.97. The van der Waals surface area contributed by atoms with Gasteiger partial charge in [-0.1, -0.05) is 19.9 Å². The number of carboxylic acids is 1. The van der Waals surface area contributed by atoms with E-state index < -0.39 is 30.4 Å². The molecule has 9 nitrogen and oxygen atoms in total. The number of amides is 1. The first kappa shape index (κ1) is 27.9. The van der Waals surface area contributed by atoms with E-state index in [0.717, 1.165) is 11.3 Å². The van der Waals surface area contributed by atoms with Gasteiger partial charge in [0, 0.05) is 42.1 Å². The van der Waals surface area contributed by atoms with Gasteiger partial charge in [0.1, 0.15) is 5.82 Å². The zero-order valence-electron chi connectivity index (χ0n) is 21.1. The molecule has 0 bridgehead atoms. The molecule has 0 saturated heterocycles. The van der Waals surface area contributed by atoms with Gasteiger partial charge < -0.3 is 25.4 Å². The number of rotatable bonds is 12. The number of benzene rings is 1. The summed E-state index contributed by atoms with van der Waals surface area (Å²) in [4.78, 5) is 28.2. The van der Waals surface area contributed by atoms with E-state index in [-0.39, 0.29) is 43.3 Å². The summed E-state index contributed by atoms with van der Waals surface area (Å²) < 4.78 is 15.2. The van der Waals surface area contributed by atoms with E-state index in [1.54, 1.807) is 23.0 Å². The van der Waals surface area contributed by atoms with Crippen molar-refractivity contribution in [1.29, 1.82) is 0 Å². The van der Waals surface area contributed by atoms with Crippen LogP contribution < -0.4 is 10.4 Å². The summed E-state index contributed by atoms with van der Waals surface area (Å²) in [6.45, 7) is 5.99. The predicted molar refractivity (Wildman–Crippen MR) is 132 cm³/mol. The molecule has 0 saturated carbocycles. The number of hydrogen-bond acceptors (Lipinski definition) is 7. The first-order chi connectivity index (χ1) is 17.5. The average molecular weight is 512 g/mol. The van der Waals surface area contributed by atoms with Gasteiger partial charge >= 0.3 is 0 Å². The number of nitrogens with one attached hydrogen (secondary N) is 1. The Kier molecular flexibility index (Phi) is 9.48. The van der Waals surface area contributed by atoms with Crippen LogP contribution in [0, 0.1) is 12.7 Å². The smallest absolute Gasteiger partial charge is 0.272 e. The summed E-state index contributed by atoms with van der Waals surface area (Å²) in [7, 11) is 0. The number of aliphatic hydroxyl groups is 2. The molecule has 0 aliphatic rings. The maximum absolute atomic E-state index is 13.6. The molecule has 10 heteroatoms. The van der Waals surface area contributed by atoms with Crippen LogP contribution in [0.1, 0.15) is 72.0 Å². The molecule has 3 aromatic rings. The number of carbonyl (C=O) groups excluding carboxylic acids is 2. The molecule has 0 unspecified atom stereocenters. The summed E-state index contributed by atoms with van der Waals surface area (Å²) in [6.07, 6.45) is -0.756. The van der Waals surface area contributed by atoms with Gasteiger partial charge in [-0.3, -0.25) is 9.78 Å². The lowest BCUT2D eigenvalue weighted by molar-refractivity contribution is -0.307. The average Bonchev–Trinajstić information content (AvgIpc) is 3.22. The van der Waals surface area contributed by atoms with Crippen molar-refractivity contribution < 1.29 is 29.3 Å². The topological polar surface area (TPSA) is 140 Å². The van der Waals surface area contributed by atoms with Crippen molar-refractivity contribution in [2.24, 2.45) is 0 Å². The summed E-state index contributed by atoms with van der Waals surface area (Å²) in [5, 5.41) is 38.4. The third-order valence-corrected chi connectivity index (χ3v) is 5.97. The molecule has 2 heterocycles. The second-order valence-electron chi connectivity index (χ2n) is 9.40. The minimum atomic E-state index is -1.40. The Morgan fingerprint density at radius 1 is 1.11 bits per heavy atom. The number of aromatic nitrogens is 3. The van der Waals surface area contributed by atoms with Crippen LogP contribution in [-0.4, -0.2) is 49.1 Å². The fourth-order valence-corrected chi connectivity index (χ4v) is 4.16. The highest BCUT2D eigenvalue weighted by Gasteiger charge is 2.26. The van der Waals surface area contributed by atoms with Gasteiger partial charge in [-0.2, -0.15) is 5.10 Å². The number of carbonyl (C=O) groups is 2. The summed E-state index contributed by atoms with van der Waals surface area (Å²) in [5.74, 6) is -2.29. The number of aliphatic hydroxyl groups excluding tert-OH is 2. The molecular weight excluding hydrogens is 479 g/mol. The Labute approximate surface area is 215 Å². The molecule has 0 radical (unpaired) electrons. The Morgan fingerprint density at radius 2 is 1.81 bits per heavy atom. The molecular formula is C27H32FN4O5-. The van der Waals surface area contributed by atoms with Crippen molar-refractivity contribution in [3.63, 3.8) is 0 Å². The Bertz CT molecular complexity index is 1210. The molecule has 3 rings (SSSR count). The van der Waals surface area contributed by atoms with Gasteiger partial charge in [-0.05, 0) is 68.0 Å². The van der Waals surface area contributed by atoms with Crippen LogP contribution in [0.5, 0.6) is 0 Å². The molecule has 2 atom stereocenters. The van der Waals surface area contributed by atoms with E-state index in [1.807, 2.05) is 32.9 Å². The first-order valence-corrected chi connectivity index (χ1v) is 12.2. The maximum atomic E-state index is 13.6. The van der Waals surface area contributed by atoms with Crippen LogP contribution in [0.25, 0.3) is 5.69 Å². The van der Waals surface area contributed by atoms with E-state index in [1.165, 1.54) is 12.1 Å². The number of nitrogens with zero attached hydrogens (tertiary/aromatic N) is 3. The van der Waals surface area contributed by atoms with Crippen molar-refractivity contribution >= 4 is 11.9 Å². The van der Waals surface area contributed by atoms with Crippen molar-refractivity contribution in [3.8, 4) is 5.69 Å². The minimum Gasteiger partial charge on any atom is -0.550 e. The molecule has 0 spiro atoms. The maximum Gasteiger partial charge on any atom is 0.272 e. The Hall–Kier alpha value is -3.63. The van der Waals surface area contributed by atoms with Crippen molar-refractivity contribution in [2.75, 3.05) is 0 Å². The van der Waals surface area contributed by atoms with Crippen LogP contribution in [0.15, 0.2) is 42.6 Å². The third kappa shape index (κ3) is 7.68. The lowest BCUT2D eigenvalue weighted by Crippen LogP contribution is -2.29. The fraction of sp³-hybridized carbons (Fsp3) is 0.407. The molecule has 0 fully saturated rings. The zero-order valence-corrected chi connectivity index (χ0v) is 21.1.